The quantitative estimate of drug-likeness (QED) is 0.557. The van der Waals surface area contributed by atoms with Gasteiger partial charge in [-0.1, -0.05) is 49.1 Å². The first-order valence-corrected chi connectivity index (χ1v) is 7.36. The van der Waals surface area contributed by atoms with Gasteiger partial charge in [0.15, 0.2) is 0 Å². The molecule has 0 radical (unpaired) electrons. The molecule has 1 heteroatoms. The Labute approximate surface area is 124 Å². The van der Waals surface area contributed by atoms with Gasteiger partial charge in [0.1, 0.15) is 0 Å². The number of allylic oxidation sites excluding steroid dienone is 2. The van der Waals surface area contributed by atoms with Crippen LogP contribution < -0.4 is 5.30 Å². The van der Waals surface area contributed by atoms with E-state index >= 15 is 0 Å². The Hall–Kier alpha value is -1.65. The Bertz CT molecular complexity index is 678. The van der Waals surface area contributed by atoms with Crippen LogP contribution in [0.15, 0.2) is 49.1 Å². The van der Waals surface area contributed by atoms with Crippen LogP contribution in [0.1, 0.15) is 27.8 Å². The molecule has 0 saturated heterocycles. The summed E-state index contributed by atoms with van der Waals surface area (Å²) in [6.45, 7) is 10.6. The Kier molecular flexibility index (Phi) is 4.57. The van der Waals surface area contributed by atoms with Crippen molar-refractivity contribution >= 4 is 26.2 Å². The Morgan fingerprint density at radius 2 is 1.65 bits per heavy atom. The van der Waals surface area contributed by atoms with Crippen LogP contribution in [-0.2, 0) is 0 Å². The summed E-state index contributed by atoms with van der Waals surface area (Å²) >= 11 is 0. The summed E-state index contributed by atoms with van der Waals surface area (Å²) < 4.78 is 0. The van der Waals surface area contributed by atoms with Crippen LogP contribution in [0.4, 0.5) is 0 Å². The summed E-state index contributed by atoms with van der Waals surface area (Å²) in [4.78, 5) is 0. The molecule has 0 amide bonds. The molecule has 0 bridgehead atoms. The molecule has 0 fully saturated rings. The standard InChI is InChI=1S/C19H21P/c1-13-5-8-17(11-16(13)4)9-6-14(2)19-12-18(20)10-7-15(19)3/h5-12H,2,20H2,1,3-4H3/b9-6+. The smallest absolute Gasteiger partial charge is 0.0155 e. The van der Waals surface area contributed by atoms with Gasteiger partial charge in [0.25, 0.3) is 0 Å². The average molecular weight is 280 g/mol. The van der Waals surface area contributed by atoms with Crippen LogP contribution in [0.25, 0.3) is 11.6 Å². The van der Waals surface area contributed by atoms with E-state index in [9.17, 15) is 0 Å². The predicted octanol–water partition coefficient (Wildman–Crippen LogP) is 4.84. The fraction of sp³-hybridized carbons (Fsp3) is 0.158. The number of aryl methyl sites for hydroxylation is 3. The minimum absolute atomic E-state index is 1.05. The highest BCUT2D eigenvalue weighted by molar-refractivity contribution is 7.27. The zero-order chi connectivity index (χ0) is 14.7. The van der Waals surface area contributed by atoms with Crippen molar-refractivity contribution in [2.45, 2.75) is 20.8 Å². The normalized spacial score (nSPS) is 11.0. The van der Waals surface area contributed by atoms with Crippen molar-refractivity contribution < 1.29 is 0 Å². The lowest BCUT2D eigenvalue weighted by atomic mass is 10.00. The van der Waals surface area contributed by atoms with Gasteiger partial charge < -0.3 is 0 Å². The second-order valence-corrected chi connectivity index (χ2v) is 5.94. The van der Waals surface area contributed by atoms with Gasteiger partial charge >= 0.3 is 0 Å². The van der Waals surface area contributed by atoms with E-state index in [2.05, 4.69) is 85.1 Å². The van der Waals surface area contributed by atoms with Crippen LogP contribution in [0, 0.1) is 20.8 Å². The molecule has 0 aliphatic carbocycles. The zero-order valence-corrected chi connectivity index (χ0v) is 13.6. The molecule has 2 aromatic rings. The van der Waals surface area contributed by atoms with Crippen LogP contribution in [0.2, 0.25) is 0 Å². The van der Waals surface area contributed by atoms with Crippen LogP contribution in [0.5, 0.6) is 0 Å². The maximum absolute atomic E-state index is 4.19. The summed E-state index contributed by atoms with van der Waals surface area (Å²) in [6, 6.07) is 12.9. The van der Waals surface area contributed by atoms with E-state index < -0.39 is 0 Å². The summed E-state index contributed by atoms with van der Waals surface area (Å²) in [5, 5.41) is 1.19. The maximum atomic E-state index is 4.19. The van der Waals surface area contributed by atoms with Gasteiger partial charge in [-0.3, -0.25) is 0 Å². The molecule has 0 heterocycles. The highest BCUT2D eigenvalue weighted by Crippen LogP contribution is 2.20. The minimum atomic E-state index is 1.05. The van der Waals surface area contributed by atoms with Crippen LogP contribution in [-0.4, -0.2) is 0 Å². The molecular weight excluding hydrogens is 259 g/mol. The van der Waals surface area contributed by atoms with Crippen molar-refractivity contribution in [3.05, 3.63) is 76.9 Å². The molecule has 0 aliphatic rings. The molecule has 0 aromatic heterocycles. The lowest BCUT2D eigenvalue weighted by Crippen LogP contribution is -1.95. The number of hydrogen-bond donors (Lipinski definition) is 0. The molecule has 0 saturated carbocycles. The molecule has 1 atom stereocenters. The molecule has 20 heavy (non-hydrogen) atoms. The fourth-order valence-electron chi connectivity index (χ4n) is 2.14. The number of hydrogen-bond acceptors (Lipinski definition) is 0. The third kappa shape index (κ3) is 3.46. The third-order valence-corrected chi connectivity index (χ3v) is 3.97. The molecule has 0 spiro atoms. The fourth-order valence-corrected chi connectivity index (χ4v) is 2.40. The van der Waals surface area contributed by atoms with E-state index in [1.807, 2.05) is 0 Å². The van der Waals surface area contributed by atoms with E-state index in [0.717, 1.165) is 5.57 Å². The van der Waals surface area contributed by atoms with Crippen molar-refractivity contribution in [1.82, 2.24) is 0 Å². The van der Waals surface area contributed by atoms with Crippen molar-refractivity contribution in [2.24, 2.45) is 0 Å². The Morgan fingerprint density at radius 3 is 2.35 bits per heavy atom. The predicted molar refractivity (Wildman–Crippen MR) is 94.5 cm³/mol. The molecule has 102 valence electrons. The highest BCUT2D eigenvalue weighted by atomic mass is 31.0. The molecular formula is C19H21P. The first-order chi connectivity index (χ1) is 9.47. The SMILES string of the molecule is C=C(/C=C/c1ccc(C)c(C)c1)c1cc(P)ccc1C. The summed E-state index contributed by atoms with van der Waals surface area (Å²) in [7, 11) is 2.74. The molecule has 0 aliphatic heterocycles. The first-order valence-electron chi connectivity index (χ1n) is 6.78. The maximum Gasteiger partial charge on any atom is -0.0155 e. The molecule has 0 nitrogen and oxygen atoms in total. The monoisotopic (exact) mass is 280 g/mol. The van der Waals surface area contributed by atoms with Crippen LogP contribution in [0.3, 0.4) is 0 Å². The van der Waals surface area contributed by atoms with E-state index in [-0.39, 0.29) is 0 Å². The highest BCUT2D eigenvalue weighted by Gasteiger charge is 2.01. The zero-order valence-electron chi connectivity index (χ0n) is 12.4. The second-order valence-electron chi connectivity index (χ2n) is 5.28. The van der Waals surface area contributed by atoms with E-state index in [0.29, 0.717) is 0 Å². The number of rotatable bonds is 3. The summed E-state index contributed by atoms with van der Waals surface area (Å²) in [5.74, 6) is 0. The third-order valence-electron chi connectivity index (χ3n) is 3.62. The molecule has 0 N–H and O–H groups in total. The lowest BCUT2D eigenvalue weighted by Gasteiger charge is -2.07. The van der Waals surface area contributed by atoms with Gasteiger partial charge in [-0.05, 0) is 65.5 Å². The minimum Gasteiger partial charge on any atom is -0.106 e. The second kappa shape index (κ2) is 6.20. The largest absolute Gasteiger partial charge is 0.106 e. The molecule has 2 aromatic carbocycles. The van der Waals surface area contributed by atoms with Gasteiger partial charge in [-0.15, -0.1) is 9.24 Å². The van der Waals surface area contributed by atoms with Crippen molar-refractivity contribution in [3.8, 4) is 0 Å². The van der Waals surface area contributed by atoms with Gasteiger partial charge in [0.05, 0.1) is 0 Å². The number of benzene rings is 2. The van der Waals surface area contributed by atoms with Crippen molar-refractivity contribution in [2.75, 3.05) is 0 Å². The van der Waals surface area contributed by atoms with Crippen LogP contribution >= 0.6 is 9.24 Å². The molecule has 1 unspecified atom stereocenters. The first kappa shape index (κ1) is 14.8. The summed E-state index contributed by atoms with van der Waals surface area (Å²) in [6.07, 6.45) is 4.22. The van der Waals surface area contributed by atoms with Gasteiger partial charge in [-0.25, -0.2) is 0 Å². The van der Waals surface area contributed by atoms with E-state index in [4.69, 9.17) is 0 Å². The van der Waals surface area contributed by atoms with E-state index in [1.165, 1.54) is 33.1 Å². The van der Waals surface area contributed by atoms with Crippen molar-refractivity contribution in [1.29, 1.82) is 0 Å². The molecule has 2 rings (SSSR count). The van der Waals surface area contributed by atoms with Gasteiger partial charge in [0.2, 0.25) is 0 Å². The summed E-state index contributed by atoms with van der Waals surface area (Å²) in [5.41, 5.74) is 7.37. The lowest BCUT2D eigenvalue weighted by molar-refractivity contribution is 1.33. The van der Waals surface area contributed by atoms with Crippen molar-refractivity contribution in [3.63, 3.8) is 0 Å². The Balaban J connectivity index is 2.24. The van der Waals surface area contributed by atoms with Gasteiger partial charge in [-0.2, -0.15) is 0 Å². The van der Waals surface area contributed by atoms with E-state index in [1.54, 1.807) is 0 Å². The topological polar surface area (TPSA) is 0 Å². The Morgan fingerprint density at radius 1 is 0.950 bits per heavy atom. The van der Waals surface area contributed by atoms with Gasteiger partial charge in [0, 0.05) is 0 Å². The average Bonchev–Trinajstić information content (AvgIpc) is 2.42.